The lowest BCUT2D eigenvalue weighted by atomic mass is 9.92. The molecule has 2 N–H and O–H groups in total. The smallest absolute Gasteiger partial charge is 0.240 e. The minimum atomic E-state index is -3.55. The molecule has 128 valence electrons. The molecule has 1 aromatic carbocycles. The van der Waals surface area contributed by atoms with Crippen LogP contribution < -0.4 is 10.0 Å². The van der Waals surface area contributed by atoms with Gasteiger partial charge in [-0.3, -0.25) is 4.79 Å². The van der Waals surface area contributed by atoms with E-state index in [4.69, 9.17) is 0 Å². The van der Waals surface area contributed by atoms with E-state index in [0.717, 1.165) is 24.8 Å². The quantitative estimate of drug-likeness (QED) is 0.798. The zero-order valence-corrected chi connectivity index (χ0v) is 14.7. The molecule has 0 saturated heterocycles. The van der Waals surface area contributed by atoms with Crippen LogP contribution in [0.3, 0.4) is 0 Å². The summed E-state index contributed by atoms with van der Waals surface area (Å²) >= 11 is 0. The second-order valence-corrected chi connectivity index (χ2v) is 8.25. The summed E-state index contributed by atoms with van der Waals surface area (Å²) in [6, 6.07) is 5.35. The van der Waals surface area contributed by atoms with Crippen molar-refractivity contribution in [2.45, 2.75) is 50.8 Å². The number of carbonyl (C=O) groups is 1. The highest BCUT2D eigenvalue weighted by Gasteiger charge is 2.17. The second kappa shape index (κ2) is 7.93. The first-order valence-electron chi connectivity index (χ1n) is 8.26. The van der Waals surface area contributed by atoms with Gasteiger partial charge in [-0.1, -0.05) is 19.9 Å². The Bertz CT molecular complexity index is 654. The average molecular weight is 338 g/mol. The highest BCUT2D eigenvalue weighted by atomic mass is 32.2. The van der Waals surface area contributed by atoms with Gasteiger partial charge in [-0.15, -0.1) is 0 Å². The fourth-order valence-corrected chi connectivity index (χ4v) is 3.75. The van der Waals surface area contributed by atoms with E-state index in [1.165, 1.54) is 12.0 Å². The van der Waals surface area contributed by atoms with Crippen molar-refractivity contribution < 1.29 is 13.2 Å². The Kier molecular flexibility index (Phi) is 6.18. The number of aryl methyl sites for hydroxylation is 2. The normalized spacial score (nSPS) is 14.6. The molecule has 0 aromatic heterocycles. The maximum Gasteiger partial charge on any atom is 0.240 e. The van der Waals surface area contributed by atoms with Crippen LogP contribution in [-0.4, -0.2) is 27.4 Å². The molecule has 1 aliphatic carbocycles. The third kappa shape index (κ3) is 5.32. The molecule has 2 rings (SSSR count). The van der Waals surface area contributed by atoms with Gasteiger partial charge in [-0.2, -0.15) is 0 Å². The monoisotopic (exact) mass is 338 g/mol. The molecule has 0 heterocycles. The molecule has 1 amide bonds. The number of hydrogen-bond donors (Lipinski definition) is 2. The molecule has 0 spiro atoms. The van der Waals surface area contributed by atoms with Gasteiger partial charge in [-0.25, -0.2) is 13.1 Å². The molecule has 0 bridgehead atoms. The fraction of sp³-hybridized carbons (Fsp3) is 0.588. The summed E-state index contributed by atoms with van der Waals surface area (Å²) in [6.45, 7) is 4.75. The van der Waals surface area contributed by atoms with Crippen LogP contribution >= 0.6 is 0 Å². The highest BCUT2D eigenvalue weighted by Crippen LogP contribution is 2.23. The lowest BCUT2D eigenvalue weighted by molar-refractivity contribution is -0.121. The number of benzene rings is 1. The van der Waals surface area contributed by atoms with Crippen LogP contribution in [0.5, 0.6) is 0 Å². The summed E-state index contributed by atoms with van der Waals surface area (Å²) in [5.74, 6) is 0.248. The number of amides is 1. The van der Waals surface area contributed by atoms with Crippen LogP contribution in [0.2, 0.25) is 0 Å². The van der Waals surface area contributed by atoms with Crippen molar-refractivity contribution in [1.82, 2.24) is 10.0 Å². The van der Waals surface area contributed by atoms with Crippen molar-refractivity contribution in [2.24, 2.45) is 5.92 Å². The first kappa shape index (κ1) is 17.9. The third-order valence-electron chi connectivity index (χ3n) is 3.98. The number of nitrogens with one attached hydrogen (secondary N) is 2. The first-order chi connectivity index (χ1) is 10.9. The molecular formula is C17H26N2O3S. The van der Waals surface area contributed by atoms with Gasteiger partial charge in [0.25, 0.3) is 0 Å². The Morgan fingerprint density at radius 1 is 1.17 bits per heavy atom. The van der Waals surface area contributed by atoms with E-state index < -0.39 is 10.0 Å². The van der Waals surface area contributed by atoms with Crippen molar-refractivity contribution >= 4 is 15.9 Å². The van der Waals surface area contributed by atoms with Gasteiger partial charge in [0.05, 0.1) is 4.90 Å². The van der Waals surface area contributed by atoms with Gasteiger partial charge in [0.2, 0.25) is 15.9 Å². The predicted octanol–water partition coefficient (Wildman–Crippen LogP) is 2.01. The summed E-state index contributed by atoms with van der Waals surface area (Å²) in [5, 5.41) is 2.78. The summed E-state index contributed by atoms with van der Waals surface area (Å²) in [7, 11) is -3.55. The van der Waals surface area contributed by atoms with Crippen molar-refractivity contribution in [3.8, 4) is 0 Å². The van der Waals surface area contributed by atoms with Crippen LogP contribution in [0.4, 0.5) is 0 Å². The van der Waals surface area contributed by atoms with Gasteiger partial charge in [0.1, 0.15) is 0 Å². The molecule has 0 fully saturated rings. The molecule has 0 atom stereocenters. The molecule has 1 aromatic rings. The third-order valence-corrected chi connectivity index (χ3v) is 5.44. The largest absolute Gasteiger partial charge is 0.356 e. The van der Waals surface area contributed by atoms with E-state index in [9.17, 15) is 13.2 Å². The minimum Gasteiger partial charge on any atom is -0.356 e. The van der Waals surface area contributed by atoms with E-state index in [0.29, 0.717) is 17.4 Å². The van der Waals surface area contributed by atoms with Crippen LogP contribution in [0.15, 0.2) is 23.1 Å². The summed E-state index contributed by atoms with van der Waals surface area (Å²) in [6.07, 6.45) is 4.40. The molecule has 0 radical (unpaired) electrons. The number of hydrogen-bond acceptors (Lipinski definition) is 3. The summed E-state index contributed by atoms with van der Waals surface area (Å²) in [4.78, 5) is 11.9. The zero-order valence-electron chi connectivity index (χ0n) is 13.9. The summed E-state index contributed by atoms with van der Waals surface area (Å²) in [5.41, 5.74) is 2.39. The number of fused-ring (bicyclic) bond motifs is 1. The molecular weight excluding hydrogens is 312 g/mol. The van der Waals surface area contributed by atoms with Gasteiger partial charge in [0, 0.05) is 19.5 Å². The van der Waals surface area contributed by atoms with E-state index in [1.807, 2.05) is 19.9 Å². The van der Waals surface area contributed by atoms with Crippen LogP contribution in [0.25, 0.3) is 0 Å². The average Bonchev–Trinajstić information content (AvgIpc) is 2.52. The maximum atomic E-state index is 12.3. The standard InChI is InChI=1S/C17H26N2O3S/c1-13(2)12-18-17(20)9-10-19-23(21,22)16-8-7-14-5-3-4-6-15(14)11-16/h7-8,11,13,19H,3-6,9-10,12H2,1-2H3,(H,18,20). The van der Waals surface area contributed by atoms with Gasteiger partial charge >= 0.3 is 0 Å². The fourth-order valence-electron chi connectivity index (χ4n) is 2.67. The number of rotatable bonds is 7. The molecule has 6 heteroatoms. The van der Waals surface area contributed by atoms with Crippen molar-refractivity contribution in [1.29, 1.82) is 0 Å². The minimum absolute atomic E-state index is 0.114. The van der Waals surface area contributed by atoms with E-state index in [-0.39, 0.29) is 18.9 Å². The van der Waals surface area contributed by atoms with E-state index in [2.05, 4.69) is 10.0 Å². The van der Waals surface area contributed by atoms with Crippen LogP contribution in [0, 0.1) is 5.92 Å². The molecule has 0 saturated carbocycles. The van der Waals surface area contributed by atoms with Crippen molar-refractivity contribution in [3.63, 3.8) is 0 Å². The lowest BCUT2D eigenvalue weighted by Crippen LogP contribution is -2.32. The first-order valence-corrected chi connectivity index (χ1v) is 9.75. The van der Waals surface area contributed by atoms with E-state index in [1.54, 1.807) is 12.1 Å². The Morgan fingerprint density at radius 3 is 2.57 bits per heavy atom. The Balaban J connectivity index is 1.90. The Labute approximate surface area is 138 Å². The maximum absolute atomic E-state index is 12.3. The molecule has 23 heavy (non-hydrogen) atoms. The summed E-state index contributed by atoms with van der Waals surface area (Å²) < 4.78 is 27.2. The van der Waals surface area contributed by atoms with Gasteiger partial charge in [0.15, 0.2) is 0 Å². The SMILES string of the molecule is CC(C)CNC(=O)CCNS(=O)(=O)c1ccc2c(c1)CCCC2. The molecule has 5 nitrogen and oxygen atoms in total. The topological polar surface area (TPSA) is 75.3 Å². The number of sulfonamides is 1. The van der Waals surface area contributed by atoms with Gasteiger partial charge < -0.3 is 5.32 Å². The molecule has 1 aliphatic rings. The molecule has 0 aliphatic heterocycles. The predicted molar refractivity (Wildman–Crippen MR) is 90.7 cm³/mol. The Hall–Kier alpha value is -1.40. The number of carbonyl (C=O) groups excluding carboxylic acids is 1. The zero-order chi connectivity index (χ0) is 16.9. The van der Waals surface area contributed by atoms with Crippen LogP contribution in [0.1, 0.15) is 44.2 Å². The van der Waals surface area contributed by atoms with Gasteiger partial charge in [-0.05, 0) is 54.9 Å². The van der Waals surface area contributed by atoms with Crippen molar-refractivity contribution in [3.05, 3.63) is 29.3 Å². The highest BCUT2D eigenvalue weighted by molar-refractivity contribution is 7.89. The van der Waals surface area contributed by atoms with E-state index >= 15 is 0 Å². The van der Waals surface area contributed by atoms with Crippen LogP contribution in [-0.2, 0) is 27.7 Å². The molecule has 0 unspecified atom stereocenters. The second-order valence-electron chi connectivity index (χ2n) is 6.48. The Morgan fingerprint density at radius 2 is 1.87 bits per heavy atom. The lowest BCUT2D eigenvalue weighted by Gasteiger charge is -2.16. The van der Waals surface area contributed by atoms with Crippen molar-refractivity contribution in [2.75, 3.05) is 13.1 Å².